The van der Waals surface area contributed by atoms with Gasteiger partial charge in [-0.3, -0.25) is 4.79 Å². The first-order valence-corrected chi connectivity index (χ1v) is 9.64. The number of nitrogens with zero attached hydrogens (tertiary/aromatic N) is 1. The van der Waals surface area contributed by atoms with Crippen molar-refractivity contribution in [3.63, 3.8) is 0 Å². The average molecular weight is 335 g/mol. The SMILES string of the molecule is CCCC[N+](CCCC)(CCCC)Cc1cc(C)c(O)c(C=O)c1. The Morgan fingerprint density at radius 1 is 0.958 bits per heavy atom. The number of rotatable bonds is 12. The fourth-order valence-electron chi connectivity index (χ4n) is 3.51. The minimum atomic E-state index is 0.127. The van der Waals surface area contributed by atoms with Crippen LogP contribution in [0.3, 0.4) is 0 Å². The highest BCUT2D eigenvalue weighted by Gasteiger charge is 2.26. The minimum absolute atomic E-state index is 0.127. The summed E-state index contributed by atoms with van der Waals surface area (Å²) in [5.41, 5.74) is 2.40. The van der Waals surface area contributed by atoms with Gasteiger partial charge in [-0.25, -0.2) is 0 Å². The van der Waals surface area contributed by atoms with Crippen molar-refractivity contribution < 1.29 is 14.4 Å². The zero-order chi connectivity index (χ0) is 18.0. The molecule has 1 N–H and O–H groups in total. The third kappa shape index (κ3) is 5.94. The van der Waals surface area contributed by atoms with Crippen LogP contribution < -0.4 is 0 Å². The third-order valence-electron chi connectivity index (χ3n) is 4.99. The zero-order valence-corrected chi connectivity index (χ0v) is 16.1. The van der Waals surface area contributed by atoms with Gasteiger partial charge in [0.25, 0.3) is 0 Å². The van der Waals surface area contributed by atoms with E-state index in [1.54, 1.807) is 0 Å². The highest BCUT2D eigenvalue weighted by atomic mass is 16.3. The van der Waals surface area contributed by atoms with Gasteiger partial charge in [-0.15, -0.1) is 0 Å². The number of aromatic hydroxyl groups is 1. The molecule has 1 aromatic carbocycles. The molecule has 1 aromatic rings. The molecule has 0 unspecified atom stereocenters. The number of hydrogen-bond acceptors (Lipinski definition) is 2. The fourth-order valence-corrected chi connectivity index (χ4v) is 3.51. The molecule has 0 fully saturated rings. The van der Waals surface area contributed by atoms with Crippen molar-refractivity contribution in [3.05, 3.63) is 28.8 Å². The van der Waals surface area contributed by atoms with E-state index in [0.29, 0.717) is 5.56 Å². The van der Waals surface area contributed by atoms with E-state index in [1.807, 2.05) is 13.0 Å². The summed E-state index contributed by atoms with van der Waals surface area (Å²) in [4.78, 5) is 11.2. The van der Waals surface area contributed by atoms with E-state index >= 15 is 0 Å². The number of phenolic OH excluding ortho intramolecular Hbond substituents is 1. The zero-order valence-electron chi connectivity index (χ0n) is 16.1. The molecule has 0 aliphatic heterocycles. The standard InChI is InChI=1S/C21H35NO2/c1-5-8-11-22(12-9-6-2,13-10-7-3)16-19-14-18(4)21(24)20(15-19)17-23/h14-15,17H,5-13,16H2,1-4H3/p+1. The minimum Gasteiger partial charge on any atom is -0.507 e. The first-order valence-electron chi connectivity index (χ1n) is 9.64. The topological polar surface area (TPSA) is 37.3 Å². The summed E-state index contributed by atoms with van der Waals surface area (Å²) < 4.78 is 1.11. The molecule has 3 heteroatoms. The number of benzene rings is 1. The van der Waals surface area contributed by atoms with E-state index in [2.05, 4.69) is 26.8 Å². The Balaban J connectivity index is 3.12. The normalized spacial score (nSPS) is 11.7. The van der Waals surface area contributed by atoms with Crippen molar-refractivity contribution in [3.8, 4) is 5.75 Å². The maximum atomic E-state index is 11.2. The molecule has 136 valence electrons. The van der Waals surface area contributed by atoms with E-state index in [-0.39, 0.29) is 5.75 Å². The molecule has 0 atom stereocenters. The lowest BCUT2D eigenvalue weighted by atomic mass is 10.0. The van der Waals surface area contributed by atoms with Gasteiger partial charge in [-0.1, -0.05) is 40.0 Å². The predicted molar refractivity (Wildman–Crippen MR) is 102 cm³/mol. The summed E-state index contributed by atoms with van der Waals surface area (Å²) in [6.45, 7) is 13.2. The van der Waals surface area contributed by atoms with Gasteiger partial charge >= 0.3 is 0 Å². The molecule has 3 nitrogen and oxygen atoms in total. The van der Waals surface area contributed by atoms with Crippen molar-refractivity contribution in [1.29, 1.82) is 0 Å². The second kappa shape index (κ2) is 10.5. The lowest BCUT2D eigenvalue weighted by molar-refractivity contribution is -0.941. The molecule has 1 rings (SSSR count). The highest BCUT2D eigenvalue weighted by Crippen LogP contribution is 2.26. The average Bonchev–Trinajstić information content (AvgIpc) is 2.59. The van der Waals surface area contributed by atoms with Crippen LogP contribution in [0.2, 0.25) is 0 Å². The van der Waals surface area contributed by atoms with Crippen molar-refractivity contribution in [2.45, 2.75) is 72.8 Å². The van der Waals surface area contributed by atoms with Gasteiger partial charge in [-0.2, -0.15) is 0 Å². The molecule has 24 heavy (non-hydrogen) atoms. The third-order valence-corrected chi connectivity index (χ3v) is 4.99. The van der Waals surface area contributed by atoms with Crippen molar-refractivity contribution >= 4 is 6.29 Å². The number of unbranched alkanes of at least 4 members (excludes halogenated alkanes) is 3. The van der Waals surface area contributed by atoms with E-state index in [4.69, 9.17) is 0 Å². The number of quaternary nitrogens is 1. The van der Waals surface area contributed by atoms with Crippen LogP contribution >= 0.6 is 0 Å². The first kappa shape index (κ1) is 20.7. The highest BCUT2D eigenvalue weighted by molar-refractivity contribution is 5.80. The van der Waals surface area contributed by atoms with Crippen LogP contribution in [-0.4, -0.2) is 35.5 Å². The van der Waals surface area contributed by atoms with Gasteiger partial charge in [0.15, 0.2) is 6.29 Å². The Labute approximate surface area is 148 Å². The predicted octanol–water partition coefficient (Wildman–Crippen LogP) is 5.23. The van der Waals surface area contributed by atoms with Crippen LogP contribution in [-0.2, 0) is 6.54 Å². The van der Waals surface area contributed by atoms with Crippen LogP contribution in [0.1, 0.15) is 80.8 Å². The van der Waals surface area contributed by atoms with Crippen LogP contribution in [0.4, 0.5) is 0 Å². The number of phenols is 1. The summed E-state index contributed by atoms with van der Waals surface area (Å²) in [6, 6.07) is 3.94. The summed E-state index contributed by atoms with van der Waals surface area (Å²) in [6.07, 6.45) is 8.14. The van der Waals surface area contributed by atoms with Gasteiger partial charge in [0.1, 0.15) is 12.3 Å². The summed E-state index contributed by atoms with van der Waals surface area (Å²) in [5.74, 6) is 0.127. The summed E-state index contributed by atoms with van der Waals surface area (Å²) >= 11 is 0. The van der Waals surface area contributed by atoms with E-state index in [1.165, 1.54) is 63.7 Å². The fraction of sp³-hybridized carbons (Fsp3) is 0.667. The Morgan fingerprint density at radius 2 is 1.46 bits per heavy atom. The Morgan fingerprint density at radius 3 is 1.88 bits per heavy atom. The molecule has 0 saturated heterocycles. The van der Waals surface area contributed by atoms with E-state index in [0.717, 1.165) is 22.9 Å². The molecule has 0 saturated carbocycles. The van der Waals surface area contributed by atoms with Crippen LogP contribution in [0.15, 0.2) is 12.1 Å². The molecule has 0 spiro atoms. The van der Waals surface area contributed by atoms with Crippen molar-refractivity contribution in [2.24, 2.45) is 0 Å². The second-order valence-electron chi connectivity index (χ2n) is 7.20. The number of aldehydes is 1. The number of aryl methyl sites for hydroxylation is 1. The molecule has 0 amide bonds. The molecule has 0 bridgehead atoms. The second-order valence-corrected chi connectivity index (χ2v) is 7.20. The number of carbonyl (C=O) groups excluding carboxylic acids is 1. The lowest BCUT2D eigenvalue weighted by Crippen LogP contribution is -2.49. The Bertz CT molecular complexity index is 489. The van der Waals surface area contributed by atoms with E-state index in [9.17, 15) is 9.90 Å². The van der Waals surface area contributed by atoms with Crippen LogP contribution in [0.5, 0.6) is 5.75 Å². The lowest BCUT2D eigenvalue weighted by Gasteiger charge is -2.39. The first-order chi connectivity index (χ1) is 11.5. The van der Waals surface area contributed by atoms with Crippen LogP contribution in [0, 0.1) is 6.92 Å². The van der Waals surface area contributed by atoms with E-state index < -0.39 is 0 Å². The maximum Gasteiger partial charge on any atom is 0.153 e. The molecular weight excluding hydrogens is 298 g/mol. The van der Waals surface area contributed by atoms with Crippen molar-refractivity contribution in [1.82, 2.24) is 0 Å². The smallest absolute Gasteiger partial charge is 0.153 e. The number of carbonyl (C=O) groups is 1. The largest absolute Gasteiger partial charge is 0.507 e. The van der Waals surface area contributed by atoms with Crippen molar-refractivity contribution in [2.75, 3.05) is 19.6 Å². The summed E-state index contributed by atoms with van der Waals surface area (Å²) in [5, 5.41) is 10.0. The van der Waals surface area contributed by atoms with Gasteiger partial charge in [0.05, 0.1) is 25.2 Å². The Hall–Kier alpha value is -1.35. The molecule has 0 aliphatic rings. The quantitative estimate of drug-likeness (QED) is 0.420. The molecule has 0 aliphatic carbocycles. The van der Waals surface area contributed by atoms with Gasteiger partial charge in [0.2, 0.25) is 0 Å². The van der Waals surface area contributed by atoms with Gasteiger partial charge in [-0.05, 0) is 43.9 Å². The monoisotopic (exact) mass is 334 g/mol. The number of hydrogen-bond donors (Lipinski definition) is 1. The van der Waals surface area contributed by atoms with Crippen LogP contribution in [0.25, 0.3) is 0 Å². The Kier molecular flexibility index (Phi) is 9.05. The van der Waals surface area contributed by atoms with Gasteiger partial charge < -0.3 is 9.59 Å². The molecule has 0 heterocycles. The maximum absolute atomic E-state index is 11.2. The molecular formula is C21H36NO2+. The van der Waals surface area contributed by atoms with Gasteiger partial charge in [0, 0.05) is 5.56 Å². The molecule has 0 aromatic heterocycles. The summed E-state index contributed by atoms with van der Waals surface area (Å²) in [7, 11) is 0. The molecule has 0 radical (unpaired) electrons.